The molecule has 0 radical (unpaired) electrons. The van der Waals surface area contributed by atoms with Gasteiger partial charge >= 0.3 is 6.55 Å². The molecule has 26 heavy (non-hydrogen) atoms. The first-order valence-electron chi connectivity index (χ1n) is 7.90. The number of hydrogen-bond donors (Lipinski definition) is 0. The van der Waals surface area contributed by atoms with Gasteiger partial charge in [0, 0.05) is 0 Å². The molecule has 4 rings (SSSR count). The molecule has 4 aromatic rings. The topological polar surface area (TPSA) is 61.4 Å². The lowest BCUT2D eigenvalue weighted by molar-refractivity contribution is 0.0715. The zero-order valence-electron chi connectivity index (χ0n) is 13.7. The molecule has 0 N–H and O–H groups in total. The van der Waals surface area contributed by atoms with Gasteiger partial charge in [0.1, 0.15) is 5.82 Å². The van der Waals surface area contributed by atoms with Crippen LogP contribution in [0.15, 0.2) is 59.8 Å². The number of thioether (sulfide) groups is 1. The molecule has 0 spiro atoms. The first kappa shape index (κ1) is 16.6. The largest absolute Gasteiger partial charge is 0.320 e. The number of aromatic nitrogens is 6. The normalized spacial score (nSPS) is 12.8. The molecule has 6 nitrogen and oxygen atoms in total. The average Bonchev–Trinajstić information content (AvgIpc) is 3.26. The SMILES string of the molecule is C[C@H](Sc1nnnn1-c1ccccc1)c1nc2ccccc2n1C(F)F. The van der Waals surface area contributed by atoms with Crippen LogP contribution < -0.4 is 0 Å². The summed E-state index contributed by atoms with van der Waals surface area (Å²) < 4.78 is 29.8. The van der Waals surface area contributed by atoms with E-state index in [0.717, 1.165) is 10.3 Å². The highest BCUT2D eigenvalue weighted by Crippen LogP contribution is 2.37. The summed E-state index contributed by atoms with van der Waals surface area (Å²) in [7, 11) is 0. The third-order valence-electron chi connectivity index (χ3n) is 3.91. The van der Waals surface area contributed by atoms with Crippen LogP contribution in [-0.2, 0) is 0 Å². The van der Waals surface area contributed by atoms with Crippen LogP contribution in [0.2, 0.25) is 0 Å². The van der Waals surface area contributed by atoms with Gasteiger partial charge in [-0.25, -0.2) is 4.98 Å². The van der Waals surface area contributed by atoms with Gasteiger partial charge < -0.3 is 0 Å². The second-order valence-electron chi connectivity index (χ2n) is 5.58. The number of fused-ring (bicyclic) bond motifs is 1. The van der Waals surface area contributed by atoms with Gasteiger partial charge in [-0.2, -0.15) is 13.5 Å². The fourth-order valence-electron chi connectivity index (χ4n) is 2.75. The van der Waals surface area contributed by atoms with Crippen LogP contribution >= 0.6 is 11.8 Å². The van der Waals surface area contributed by atoms with Gasteiger partial charge in [0.2, 0.25) is 5.16 Å². The van der Waals surface area contributed by atoms with Crippen molar-refractivity contribution in [3.8, 4) is 5.69 Å². The number of halogens is 2. The Morgan fingerprint density at radius 3 is 2.50 bits per heavy atom. The number of rotatable bonds is 5. The quantitative estimate of drug-likeness (QED) is 0.490. The number of imidazole rings is 1. The molecule has 0 saturated heterocycles. The van der Waals surface area contributed by atoms with E-state index in [1.54, 1.807) is 28.9 Å². The number of alkyl halides is 2. The Kier molecular flexibility index (Phi) is 4.37. The van der Waals surface area contributed by atoms with E-state index >= 15 is 0 Å². The summed E-state index contributed by atoms with van der Waals surface area (Å²) in [6.45, 7) is -0.861. The highest BCUT2D eigenvalue weighted by atomic mass is 32.2. The van der Waals surface area contributed by atoms with Gasteiger partial charge in [-0.1, -0.05) is 42.1 Å². The fourth-order valence-corrected chi connectivity index (χ4v) is 3.66. The standard InChI is InChI=1S/C17H14F2N6S/c1-11(15-20-13-9-5-6-10-14(13)24(15)16(18)19)26-17-21-22-23-25(17)12-7-3-2-4-8-12/h2-11,16H,1H3/t11-/m0/s1. The van der Waals surface area contributed by atoms with Crippen molar-refractivity contribution in [2.24, 2.45) is 0 Å². The van der Waals surface area contributed by atoms with E-state index in [2.05, 4.69) is 20.5 Å². The summed E-state index contributed by atoms with van der Waals surface area (Å²) in [6, 6.07) is 16.3. The molecule has 0 amide bonds. The molecule has 0 saturated carbocycles. The predicted octanol–water partition coefficient (Wildman–Crippen LogP) is 4.26. The van der Waals surface area contributed by atoms with Crippen LogP contribution in [0.3, 0.4) is 0 Å². The van der Waals surface area contributed by atoms with Crippen molar-refractivity contribution in [2.75, 3.05) is 0 Å². The van der Waals surface area contributed by atoms with Crippen LogP contribution in [0.1, 0.15) is 24.5 Å². The van der Waals surface area contributed by atoms with Crippen LogP contribution in [0.25, 0.3) is 16.7 Å². The van der Waals surface area contributed by atoms with Crippen molar-refractivity contribution < 1.29 is 8.78 Å². The van der Waals surface area contributed by atoms with Gasteiger partial charge in [0.15, 0.2) is 0 Å². The summed E-state index contributed by atoms with van der Waals surface area (Å²) in [4.78, 5) is 4.40. The Hall–Kier alpha value is -2.81. The smallest absolute Gasteiger partial charge is 0.269 e. The van der Waals surface area contributed by atoms with E-state index in [-0.39, 0.29) is 11.1 Å². The second-order valence-corrected chi connectivity index (χ2v) is 6.88. The van der Waals surface area contributed by atoms with Crippen LogP contribution in [0, 0.1) is 0 Å². The van der Waals surface area contributed by atoms with Crippen molar-refractivity contribution in [2.45, 2.75) is 23.9 Å². The molecule has 2 heterocycles. The Morgan fingerprint density at radius 2 is 1.73 bits per heavy atom. The van der Waals surface area contributed by atoms with Crippen molar-refractivity contribution >= 4 is 22.8 Å². The predicted molar refractivity (Wildman–Crippen MR) is 94.4 cm³/mol. The maximum Gasteiger partial charge on any atom is 0.320 e. The number of nitrogens with zero attached hydrogens (tertiary/aromatic N) is 6. The van der Waals surface area contributed by atoms with Crippen LogP contribution in [0.5, 0.6) is 0 Å². The van der Waals surface area contributed by atoms with Crippen LogP contribution in [0.4, 0.5) is 8.78 Å². The van der Waals surface area contributed by atoms with E-state index in [1.807, 2.05) is 37.3 Å². The van der Waals surface area contributed by atoms with Gasteiger partial charge in [-0.3, -0.25) is 4.57 Å². The molecule has 0 aliphatic heterocycles. The van der Waals surface area contributed by atoms with Gasteiger partial charge in [-0.05, 0) is 41.6 Å². The zero-order valence-corrected chi connectivity index (χ0v) is 14.5. The molecule has 2 aromatic carbocycles. The third-order valence-corrected chi connectivity index (χ3v) is 4.94. The Morgan fingerprint density at radius 1 is 1.00 bits per heavy atom. The number of para-hydroxylation sites is 3. The number of hydrogen-bond acceptors (Lipinski definition) is 5. The lowest BCUT2D eigenvalue weighted by atomic mass is 10.3. The minimum atomic E-state index is -2.68. The molecule has 2 aromatic heterocycles. The monoisotopic (exact) mass is 372 g/mol. The van der Waals surface area contributed by atoms with Crippen molar-refractivity contribution in [3.63, 3.8) is 0 Å². The Labute approximate surface area is 151 Å². The minimum absolute atomic E-state index is 0.286. The summed E-state index contributed by atoms with van der Waals surface area (Å²) in [6.07, 6.45) is 0. The first-order valence-corrected chi connectivity index (χ1v) is 8.78. The molecule has 0 unspecified atom stereocenters. The highest BCUT2D eigenvalue weighted by Gasteiger charge is 2.24. The maximum atomic E-state index is 13.6. The molecule has 1 atom stereocenters. The molecule has 0 aliphatic rings. The molecule has 0 fully saturated rings. The molecule has 9 heteroatoms. The van der Waals surface area contributed by atoms with Crippen molar-refractivity contribution in [3.05, 3.63) is 60.4 Å². The van der Waals surface area contributed by atoms with Gasteiger partial charge in [0.05, 0.1) is 22.0 Å². The second kappa shape index (κ2) is 6.83. The molecule has 0 aliphatic carbocycles. The van der Waals surface area contributed by atoms with Gasteiger partial charge in [0.25, 0.3) is 0 Å². The van der Waals surface area contributed by atoms with E-state index in [1.165, 1.54) is 11.8 Å². The molecular weight excluding hydrogens is 358 g/mol. The maximum absolute atomic E-state index is 13.6. The zero-order chi connectivity index (χ0) is 18.1. The summed E-state index contributed by atoms with van der Waals surface area (Å²) >= 11 is 1.28. The summed E-state index contributed by atoms with van der Waals surface area (Å²) in [5, 5.41) is 11.9. The average molecular weight is 372 g/mol. The van der Waals surface area contributed by atoms with E-state index in [9.17, 15) is 8.78 Å². The molecular formula is C17H14F2N6S. The lowest BCUT2D eigenvalue weighted by Gasteiger charge is -2.13. The Bertz CT molecular complexity index is 1030. The lowest BCUT2D eigenvalue weighted by Crippen LogP contribution is -2.07. The number of tetrazole rings is 1. The fraction of sp³-hybridized carbons (Fsp3) is 0.176. The minimum Gasteiger partial charge on any atom is -0.269 e. The Balaban J connectivity index is 1.70. The van der Waals surface area contributed by atoms with Crippen molar-refractivity contribution in [1.82, 2.24) is 29.8 Å². The summed E-state index contributed by atoms with van der Waals surface area (Å²) in [5.41, 5.74) is 1.75. The van der Waals surface area contributed by atoms with Crippen LogP contribution in [-0.4, -0.2) is 29.8 Å². The molecule has 132 valence electrons. The summed E-state index contributed by atoms with van der Waals surface area (Å²) in [5.74, 6) is 0.286. The van der Waals surface area contributed by atoms with E-state index in [4.69, 9.17) is 0 Å². The third kappa shape index (κ3) is 2.94. The molecule has 0 bridgehead atoms. The highest BCUT2D eigenvalue weighted by molar-refractivity contribution is 7.99. The van der Waals surface area contributed by atoms with E-state index < -0.39 is 6.55 Å². The first-order chi connectivity index (χ1) is 12.6. The van der Waals surface area contributed by atoms with Crippen molar-refractivity contribution in [1.29, 1.82) is 0 Å². The number of benzene rings is 2. The van der Waals surface area contributed by atoms with E-state index in [0.29, 0.717) is 16.2 Å². The van der Waals surface area contributed by atoms with Gasteiger partial charge in [-0.15, -0.1) is 5.10 Å².